The summed E-state index contributed by atoms with van der Waals surface area (Å²) in [5.41, 5.74) is 6.72. The zero-order chi connectivity index (χ0) is 22.3. The largest absolute Gasteiger partial charge is 0.412 e. The lowest BCUT2D eigenvalue weighted by molar-refractivity contribution is 0.0484. The van der Waals surface area contributed by atoms with Gasteiger partial charge in [0.1, 0.15) is 0 Å². The molecule has 0 aliphatic heterocycles. The van der Waals surface area contributed by atoms with Crippen molar-refractivity contribution in [3.8, 4) is 0 Å². The fourth-order valence-electron chi connectivity index (χ4n) is 6.43. The molecule has 1 aromatic carbocycles. The second kappa shape index (κ2) is 8.90. The van der Waals surface area contributed by atoms with E-state index < -0.39 is 8.32 Å². The van der Waals surface area contributed by atoms with E-state index in [1.807, 2.05) is 0 Å². The average molecular weight is 429 g/mol. The van der Waals surface area contributed by atoms with E-state index in [1.54, 1.807) is 0 Å². The van der Waals surface area contributed by atoms with Crippen molar-refractivity contribution in [1.29, 1.82) is 0 Å². The fraction of sp³-hybridized carbons (Fsp3) is 0.741. The maximum atomic E-state index is 13.5. The summed E-state index contributed by atoms with van der Waals surface area (Å²) in [5.74, 6) is 0.298. The van der Waals surface area contributed by atoms with Crippen molar-refractivity contribution < 1.29 is 9.22 Å². The van der Waals surface area contributed by atoms with Crippen LogP contribution < -0.4 is 0 Å². The molecule has 1 aromatic rings. The third-order valence-electron chi connectivity index (χ3n) is 8.06. The highest BCUT2D eigenvalue weighted by Crippen LogP contribution is 2.47. The summed E-state index contributed by atoms with van der Waals surface area (Å²) in [5, 5.41) is 0. The highest BCUT2D eigenvalue weighted by molar-refractivity contribution is 6.77. The van der Waals surface area contributed by atoms with Gasteiger partial charge in [-0.3, -0.25) is 4.79 Å². The second-order valence-electron chi connectivity index (χ2n) is 11.6. The summed E-state index contributed by atoms with van der Waals surface area (Å²) >= 11 is 0. The number of fused-ring (bicyclic) bond motifs is 2. The van der Waals surface area contributed by atoms with Crippen LogP contribution in [0.5, 0.6) is 0 Å². The highest BCUT2D eigenvalue weighted by atomic mass is 28.4. The monoisotopic (exact) mass is 428 g/mol. The maximum absolute atomic E-state index is 13.5. The molecule has 3 rings (SSSR count). The van der Waals surface area contributed by atoms with Crippen LogP contribution >= 0.6 is 0 Å². The van der Waals surface area contributed by atoms with Crippen molar-refractivity contribution in [2.75, 3.05) is 0 Å². The van der Waals surface area contributed by atoms with E-state index in [4.69, 9.17) is 4.43 Å². The predicted molar refractivity (Wildman–Crippen MR) is 130 cm³/mol. The lowest BCUT2D eigenvalue weighted by Gasteiger charge is -2.47. The van der Waals surface area contributed by atoms with Crippen molar-refractivity contribution in [1.82, 2.24) is 0 Å². The molecule has 2 aliphatic carbocycles. The van der Waals surface area contributed by atoms with Gasteiger partial charge in [0.25, 0.3) is 0 Å². The standard InChI is InChI=1S/C27H44O2Si/c1-18(2)30(19(3)4,20(5)6)29-26-16-25(28)24-15-22-13-11-9-10-12-21(22)14-23(24)17-27(26,7)8/h14-15,18-20,26H,9-13,16-17H2,1-8H3. The Morgan fingerprint density at radius 1 is 0.867 bits per heavy atom. The first-order chi connectivity index (χ1) is 14.0. The Labute approximate surface area is 186 Å². The summed E-state index contributed by atoms with van der Waals surface area (Å²) in [7, 11) is -2.04. The molecule has 30 heavy (non-hydrogen) atoms. The first-order valence-electron chi connectivity index (χ1n) is 12.3. The Morgan fingerprint density at radius 3 is 1.93 bits per heavy atom. The summed E-state index contributed by atoms with van der Waals surface area (Å²) < 4.78 is 7.22. The van der Waals surface area contributed by atoms with Crippen molar-refractivity contribution in [3.05, 3.63) is 34.4 Å². The van der Waals surface area contributed by atoms with Gasteiger partial charge < -0.3 is 4.43 Å². The molecule has 2 aliphatic rings. The van der Waals surface area contributed by atoms with Gasteiger partial charge in [-0.1, -0.05) is 67.9 Å². The molecule has 0 spiro atoms. The number of hydrogen-bond donors (Lipinski definition) is 0. The number of Topliss-reactive ketones (excluding diaryl/α,β-unsaturated/α-hetero) is 1. The van der Waals surface area contributed by atoms with Gasteiger partial charge in [-0.05, 0) is 76.9 Å². The van der Waals surface area contributed by atoms with E-state index in [2.05, 4.69) is 67.5 Å². The van der Waals surface area contributed by atoms with E-state index in [1.165, 1.54) is 42.4 Å². The van der Waals surface area contributed by atoms with Crippen LogP contribution in [0.15, 0.2) is 12.1 Å². The SMILES string of the molecule is CC(C)[Si](OC1CC(=O)c2cc3c(cc2CC1(C)C)CCCCC3)(C(C)C)C(C)C. The molecule has 1 unspecified atom stereocenters. The molecule has 3 heteroatoms. The molecule has 0 heterocycles. The first kappa shape index (κ1) is 23.7. The van der Waals surface area contributed by atoms with Crippen molar-refractivity contribution >= 4 is 14.1 Å². The second-order valence-corrected chi connectivity index (χ2v) is 17.0. The molecule has 0 fully saturated rings. The Kier molecular flexibility index (Phi) is 7.04. The third kappa shape index (κ3) is 4.34. The number of aryl methyl sites for hydroxylation is 2. The zero-order valence-corrected chi connectivity index (χ0v) is 21.7. The van der Waals surface area contributed by atoms with Crippen LogP contribution in [0.25, 0.3) is 0 Å². The van der Waals surface area contributed by atoms with Crippen molar-refractivity contribution in [2.24, 2.45) is 5.41 Å². The van der Waals surface area contributed by atoms with Crippen LogP contribution in [0.1, 0.15) is 108 Å². The number of carbonyl (C=O) groups is 1. The summed E-state index contributed by atoms with van der Waals surface area (Å²) in [6, 6.07) is 4.64. The Morgan fingerprint density at radius 2 is 1.40 bits per heavy atom. The van der Waals surface area contributed by atoms with Crippen LogP contribution in [0.2, 0.25) is 16.6 Å². The molecule has 0 saturated carbocycles. The van der Waals surface area contributed by atoms with Gasteiger partial charge in [-0.25, -0.2) is 0 Å². The quantitative estimate of drug-likeness (QED) is 0.355. The van der Waals surface area contributed by atoms with Gasteiger partial charge in [-0.2, -0.15) is 0 Å². The Bertz CT molecular complexity index is 754. The van der Waals surface area contributed by atoms with Crippen LogP contribution in [0.3, 0.4) is 0 Å². The average Bonchev–Trinajstić information content (AvgIpc) is 2.91. The van der Waals surface area contributed by atoms with E-state index >= 15 is 0 Å². The summed E-state index contributed by atoms with van der Waals surface area (Å²) in [6.45, 7) is 18.7. The lowest BCUT2D eigenvalue weighted by atomic mass is 9.80. The van der Waals surface area contributed by atoms with Crippen molar-refractivity contribution in [3.63, 3.8) is 0 Å². The number of hydrogen-bond acceptors (Lipinski definition) is 2. The van der Waals surface area contributed by atoms with Gasteiger partial charge in [-0.15, -0.1) is 0 Å². The number of carbonyl (C=O) groups excluding carboxylic acids is 1. The minimum Gasteiger partial charge on any atom is -0.412 e. The normalized spacial score (nSPS) is 22.1. The minimum absolute atomic E-state index is 0.00364. The minimum atomic E-state index is -2.04. The number of benzene rings is 1. The lowest BCUT2D eigenvalue weighted by Crippen LogP contribution is -2.53. The molecule has 0 radical (unpaired) electrons. The van der Waals surface area contributed by atoms with Crippen molar-refractivity contribution in [2.45, 2.75) is 123 Å². The van der Waals surface area contributed by atoms with Gasteiger partial charge in [0.15, 0.2) is 5.78 Å². The smallest absolute Gasteiger partial charge is 0.200 e. The third-order valence-corrected chi connectivity index (χ3v) is 14.2. The van der Waals surface area contributed by atoms with Crippen LogP contribution in [0, 0.1) is 5.41 Å². The molecule has 0 bridgehead atoms. The maximum Gasteiger partial charge on any atom is 0.200 e. The van der Waals surface area contributed by atoms with Crippen LogP contribution in [-0.4, -0.2) is 20.2 Å². The summed E-state index contributed by atoms with van der Waals surface area (Å²) in [6.07, 6.45) is 7.59. The Balaban J connectivity index is 1.99. The molecule has 0 saturated heterocycles. The summed E-state index contributed by atoms with van der Waals surface area (Å²) in [4.78, 5) is 13.5. The van der Waals surface area contributed by atoms with Crippen LogP contribution in [0.4, 0.5) is 0 Å². The molecule has 2 nitrogen and oxygen atoms in total. The van der Waals surface area contributed by atoms with E-state index in [9.17, 15) is 4.79 Å². The fourth-order valence-corrected chi connectivity index (χ4v) is 12.1. The van der Waals surface area contributed by atoms with Gasteiger partial charge in [0.05, 0.1) is 6.10 Å². The zero-order valence-electron chi connectivity index (χ0n) is 20.7. The molecule has 1 atom stereocenters. The van der Waals surface area contributed by atoms with Gasteiger partial charge in [0, 0.05) is 12.0 Å². The van der Waals surface area contributed by atoms with Gasteiger partial charge >= 0.3 is 0 Å². The van der Waals surface area contributed by atoms with E-state index in [0.717, 1.165) is 18.4 Å². The number of ketones is 1. The molecule has 0 N–H and O–H groups in total. The topological polar surface area (TPSA) is 26.3 Å². The van der Waals surface area contributed by atoms with E-state index in [0.29, 0.717) is 28.8 Å². The first-order valence-corrected chi connectivity index (χ1v) is 14.5. The molecule has 168 valence electrons. The molecule has 0 aromatic heterocycles. The van der Waals surface area contributed by atoms with Gasteiger partial charge in [0.2, 0.25) is 8.32 Å². The predicted octanol–water partition coefficient (Wildman–Crippen LogP) is 7.67. The Hall–Kier alpha value is -0.933. The molecular weight excluding hydrogens is 384 g/mol. The molecule has 0 amide bonds. The number of rotatable bonds is 5. The molecular formula is C27H44O2Si. The highest BCUT2D eigenvalue weighted by Gasteiger charge is 2.50. The van der Waals surface area contributed by atoms with E-state index in [-0.39, 0.29) is 11.5 Å². The van der Waals surface area contributed by atoms with Crippen LogP contribution in [-0.2, 0) is 23.7 Å².